The Hall–Kier alpha value is 2.01. The Morgan fingerprint density at radius 3 is 2.57 bits per heavy atom. The standard InChI is InChI=1S/C9H15NO.CH3I.Rb/c11-9-6-5-7-3-1-2-4-8(7)10-9;1-2;/h7-8H,1-6H2,(H,10,11);1H3;/q;;+1/p-1. The van der Waals surface area contributed by atoms with E-state index in [1.807, 2.05) is 4.93 Å². The van der Waals surface area contributed by atoms with Crippen molar-refractivity contribution in [1.82, 2.24) is 0 Å². The summed E-state index contributed by atoms with van der Waals surface area (Å²) >= 11 is 2.15. The van der Waals surface area contributed by atoms with Crippen molar-refractivity contribution < 1.29 is 63.0 Å². The minimum atomic E-state index is 0. The van der Waals surface area contributed by atoms with Crippen molar-refractivity contribution in [1.29, 1.82) is 0 Å². The molecule has 2 fully saturated rings. The molecule has 0 aromatic heterocycles. The molecule has 2 atom stereocenters. The summed E-state index contributed by atoms with van der Waals surface area (Å²) < 4.78 is 0. The van der Waals surface area contributed by atoms with Gasteiger partial charge in [0, 0.05) is 0 Å². The first-order valence-corrected chi connectivity index (χ1v) is 7.13. The minimum Gasteiger partial charge on any atom is -0.650 e. The maximum Gasteiger partial charge on any atom is 1.00 e. The second-order valence-corrected chi connectivity index (χ2v) is 3.67. The summed E-state index contributed by atoms with van der Waals surface area (Å²) in [5.41, 5.74) is 0. The zero-order chi connectivity index (χ0) is 9.68. The number of halogens is 1. The minimum absolute atomic E-state index is 0. The third-order valence-electron chi connectivity index (χ3n) is 2.91. The van der Waals surface area contributed by atoms with Crippen LogP contribution in [0.1, 0.15) is 38.5 Å². The molecule has 2 nitrogen and oxygen atoms in total. The molecule has 0 radical (unpaired) electrons. The van der Waals surface area contributed by atoms with Crippen LogP contribution in [0, 0.1) is 5.92 Å². The Balaban J connectivity index is 0.000000531. The van der Waals surface area contributed by atoms with Gasteiger partial charge in [0.1, 0.15) is 0 Å². The van der Waals surface area contributed by atoms with E-state index < -0.39 is 0 Å². The third kappa shape index (κ3) is 4.89. The molecule has 76 valence electrons. The summed E-state index contributed by atoms with van der Waals surface area (Å²) in [4.78, 5) is 12.9. The number of carbonyl (C=O) groups is 1. The number of alkyl halides is 1. The normalized spacial score (nSPS) is 30.0. The number of carbonyl (C=O) groups excluding carboxylic acids is 1. The van der Waals surface area contributed by atoms with Crippen LogP contribution in [0.3, 0.4) is 0 Å². The number of piperidine rings is 1. The Morgan fingerprint density at radius 1 is 1.21 bits per heavy atom. The molecular formula is C10H17INORb. The summed E-state index contributed by atoms with van der Waals surface area (Å²) in [6.07, 6.45) is 6.91. The first kappa shape index (κ1) is 16.0. The Bertz CT molecular complexity index is 178. The fourth-order valence-corrected chi connectivity index (χ4v) is 2.25. The van der Waals surface area contributed by atoms with Gasteiger partial charge in [-0.3, -0.25) is 0 Å². The van der Waals surface area contributed by atoms with E-state index in [1.165, 1.54) is 19.3 Å². The van der Waals surface area contributed by atoms with E-state index in [2.05, 4.69) is 27.9 Å². The number of fused-ring (bicyclic) bond motifs is 1. The summed E-state index contributed by atoms with van der Waals surface area (Å²) in [6.45, 7) is 0. The van der Waals surface area contributed by atoms with Crippen LogP contribution in [-0.4, -0.2) is 16.9 Å². The SMILES string of the molecule is CI.O=C1CCC2CCCCC2[N-]1.[Rb+]. The van der Waals surface area contributed by atoms with Gasteiger partial charge in [0.2, 0.25) is 0 Å². The quantitative estimate of drug-likeness (QED) is 0.440. The molecule has 0 N–H and O–H groups in total. The zero-order valence-corrected chi connectivity index (χ0v) is 16.2. The van der Waals surface area contributed by atoms with Crippen molar-refractivity contribution in [2.24, 2.45) is 5.92 Å². The molecule has 0 bridgehead atoms. The second kappa shape index (κ2) is 9.08. The van der Waals surface area contributed by atoms with Gasteiger partial charge in [-0.05, 0) is 17.8 Å². The van der Waals surface area contributed by atoms with E-state index in [0.717, 1.165) is 18.8 Å². The predicted molar refractivity (Wildman–Crippen MR) is 63.3 cm³/mol. The number of amides is 1. The summed E-state index contributed by atoms with van der Waals surface area (Å²) in [5, 5.41) is 4.17. The average Bonchev–Trinajstić information content (AvgIpc) is 2.21. The van der Waals surface area contributed by atoms with E-state index in [-0.39, 0.29) is 64.1 Å². The monoisotopic (exact) mass is 379 g/mol. The van der Waals surface area contributed by atoms with E-state index in [4.69, 9.17) is 0 Å². The Morgan fingerprint density at radius 2 is 1.86 bits per heavy atom. The van der Waals surface area contributed by atoms with Crippen LogP contribution in [-0.2, 0) is 4.79 Å². The van der Waals surface area contributed by atoms with Crippen LogP contribution in [0.2, 0.25) is 0 Å². The van der Waals surface area contributed by atoms with Gasteiger partial charge in [0.15, 0.2) is 0 Å². The van der Waals surface area contributed by atoms with Gasteiger partial charge in [-0.1, -0.05) is 54.2 Å². The fraction of sp³-hybridized carbons (Fsp3) is 0.900. The molecule has 2 aliphatic rings. The Kier molecular flexibility index (Phi) is 10.4. The molecule has 0 spiro atoms. The first-order chi connectivity index (χ1) is 6.36. The molecule has 1 amide bonds. The smallest absolute Gasteiger partial charge is 0.650 e. The fourth-order valence-electron chi connectivity index (χ4n) is 2.25. The van der Waals surface area contributed by atoms with Crippen LogP contribution >= 0.6 is 22.6 Å². The maximum absolute atomic E-state index is 11.0. The molecule has 14 heavy (non-hydrogen) atoms. The van der Waals surface area contributed by atoms with Crippen molar-refractivity contribution in [2.45, 2.75) is 44.6 Å². The van der Waals surface area contributed by atoms with Gasteiger partial charge >= 0.3 is 58.2 Å². The number of hydrogen-bond donors (Lipinski definition) is 0. The van der Waals surface area contributed by atoms with Crippen molar-refractivity contribution in [2.75, 3.05) is 4.93 Å². The van der Waals surface area contributed by atoms with Crippen LogP contribution in [0.5, 0.6) is 0 Å². The maximum atomic E-state index is 11.0. The van der Waals surface area contributed by atoms with E-state index in [0.29, 0.717) is 12.5 Å². The number of rotatable bonds is 0. The summed E-state index contributed by atoms with van der Waals surface area (Å²) in [5.74, 6) is 0.898. The zero-order valence-electron chi connectivity index (χ0n) is 9.13. The number of nitrogens with zero attached hydrogens (tertiary/aromatic N) is 1. The molecular weight excluding hydrogens is 362 g/mol. The average molecular weight is 380 g/mol. The number of hydrogen-bond acceptors (Lipinski definition) is 1. The Labute approximate surface area is 149 Å². The molecule has 1 aliphatic carbocycles. The molecule has 1 saturated heterocycles. The molecule has 2 rings (SSSR count). The molecule has 0 aromatic carbocycles. The van der Waals surface area contributed by atoms with Crippen LogP contribution < -0.4 is 58.2 Å². The van der Waals surface area contributed by atoms with Crippen LogP contribution in [0.25, 0.3) is 5.32 Å². The molecule has 2 unspecified atom stereocenters. The van der Waals surface area contributed by atoms with Crippen molar-refractivity contribution in [3.05, 3.63) is 5.32 Å². The summed E-state index contributed by atoms with van der Waals surface area (Å²) in [7, 11) is 0. The van der Waals surface area contributed by atoms with Gasteiger partial charge in [0.05, 0.1) is 5.91 Å². The predicted octanol–water partition coefficient (Wildman–Crippen LogP) is 0.294. The molecule has 4 heteroatoms. The van der Waals surface area contributed by atoms with Gasteiger partial charge < -0.3 is 10.1 Å². The molecule has 1 saturated carbocycles. The van der Waals surface area contributed by atoms with Gasteiger partial charge in [-0.25, -0.2) is 0 Å². The summed E-state index contributed by atoms with van der Waals surface area (Å²) in [6, 6.07) is 0.407. The third-order valence-corrected chi connectivity index (χ3v) is 2.91. The largest absolute Gasteiger partial charge is 1.00 e. The van der Waals surface area contributed by atoms with Crippen molar-refractivity contribution >= 4 is 28.5 Å². The second-order valence-electron chi connectivity index (χ2n) is 3.67. The van der Waals surface area contributed by atoms with Crippen molar-refractivity contribution in [3.8, 4) is 0 Å². The first-order valence-electron chi connectivity index (χ1n) is 4.98. The van der Waals surface area contributed by atoms with Crippen molar-refractivity contribution in [3.63, 3.8) is 0 Å². The molecule has 0 aromatic rings. The van der Waals surface area contributed by atoms with Crippen LogP contribution in [0.4, 0.5) is 0 Å². The van der Waals surface area contributed by atoms with E-state index in [1.54, 1.807) is 0 Å². The van der Waals surface area contributed by atoms with E-state index in [9.17, 15) is 4.79 Å². The molecule has 1 aliphatic heterocycles. The van der Waals surface area contributed by atoms with E-state index >= 15 is 0 Å². The molecule has 1 heterocycles. The van der Waals surface area contributed by atoms with Gasteiger partial charge in [-0.15, -0.1) is 6.04 Å². The topological polar surface area (TPSA) is 31.2 Å². The van der Waals surface area contributed by atoms with Gasteiger partial charge in [-0.2, -0.15) is 0 Å². The van der Waals surface area contributed by atoms with Gasteiger partial charge in [0.25, 0.3) is 0 Å². The van der Waals surface area contributed by atoms with Crippen LogP contribution in [0.15, 0.2) is 0 Å².